The minimum absolute atomic E-state index is 0.426. The molecular weight excluding hydrogens is 212 g/mol. The Hall–Kier alpha value is -0.120. The summed E-state index contributed by atoms with van der Waals surface area (Å²) in [7, 11) is 2.20. The largest absolute Gasteiger partial charge is 0.372 e. The van der Waals surface area contributed by atoms with Gasteiger partial charge in [0, 0.05) is 25.7 Å². The van der Waals surface area contributed by atoms with Crippen LogP contribution in [0.15, 0.2) is 0 Å². The first-order valence-electron chi connectivity index (χ1n) is 7.04. The molecule has 3 heteroatoms. The van der Waals surface area contributed by atoms with Gasteiger partial charge in [0.25, 0.3) is 0 Å². The van der Waals surface area contributed by atoms with Crippen molar-refractivity contribution < 1.29 is 4.74 Å². The molecule has 17 heavy (non-hydrogen) atoms. The Kier molecular flexibility index (Phi) is 6.45. The van der Waals surface area contributed by atoms with Crippen molar-refractivity contribution in [2.45, 2.75) is 58.8 Å². The van der Waals surface area contributed by atoms with Gasteiger partial charge in [0.2, 0.25) is 0 Å². The maximum absolute atomic E-state index is 6.06. The number of ether oxygens (including phenoxy) is 1. The Labute approximate surface area is 107 Å². The molecule has 2 atom stereocenters. The predicted octanol–water partition coefficient (Wildman–Crippen LogP) is 2.12. The zero-order chi connectivity index (χ0) is 12.8. The molecule has 0 amide bonds. The lowest BCUT2D eigenvalue weighted by Crippen LogP contribution is -2.35. The van der Waals surface area contributed by atoms with Crippen molar-refractivity contribution in [3.63, 3.8) is 0 Å². The van der Waals surface area contributed by atoms with Crippen molar-refractivity contribution in [2.24, 2.45) is 5.92 Å². The molecule has 3 nitrogen and oxygen atoms in total. The highest BCUT2D eigenvalue weighted by Crippen LogP contribution is 2.20. The Bertz CT molecular complexity index is 206. The quantitative estimate of drug-likeness (QED) is 0.740. The smallest absolute Gasteiger partial charge is 0.0707 e. The highest BCUT2D eigenvalue weighted by atomic mass is 16.5. The third-order valence-corrected chi connectivity index (χ3v) is 3.14. The molecule has 0 aromatic rings. The summed E-state index contributed by atoms with van der Waals surface area (Å²) in [5.41, 5.74) is 0. The summed E-state index contributed by atoms with van der Waals surface area (Å²) in [6, 6.07) is 0.557. The summed E-state index contributed by atoms with van der Waals surface area (Å²) in [6.45, 7) is 12.1. The van der Waals surface area contributed by atoms with Gasteiger partial charge < -0.3 is 15.0 Å². The van der Waals surface area contributed by atoms with Gasteiger partial charge in [0.15, 0.2) is 0 Å². The van der Waals surface area contributed by atoms with Crippen LogP contribution in [0, 0.1) is 5.92 Å². The van der Waals surface area contributed by atoms with Crippen LogP contribution in [0.4, 0.5) is 0 Å². The van der Waals surface area contributed by atoms with Crippen molar-refractivity contribution in [2.75, 3.05) is 26.7 Å². The average Bonchev–Trinajstić information content (AvgIpc) is 2.61. The van der Waals surface area contributed by atoms with E-state index in [1.165, 1.54) is 12.8 Å². The van der Waals surface area contributed by atoms with Crippen LogP contribution in [0.2, 0.25) is 0 Å². The van der Waals surface area contributed by atoms with Crippen LogP contribution in [0.3, 0.4) is 0 Å². The van der Waals surface area contributed by atoms with Gasteiger partial charge in [0.05, 0.1) is 12.2 Å². The molecule has 0 aromatic heterocycles. The van der Waals surface area contributed by atoms with Crippen LogP contribution in [0.25, 0.3) is 0 Å². The van der Waals surface area contributed by atoms with Crippen LogP contribution in [-0.2, 0) is 4.74 Å². The number of rotatable bonds is 7. The third-order valence-electron chi connectivity index (χ3n) is 3.14. The van der Waals surface area contributed by atoms with Crippen LogP contribution in [0.5, 0.6) is 0 Å². The minimum Gasteiger partial charge on any atom is -0.372 e. The molecular formula is C14H30N2O. The van der Waals surface area contributed by atoms with Gasteiger partial charge >= 0.3 is 0 Å². The second kappa shape index (κ2) is 7.34. The van der Waals surface area contributed by atoms with Gasteiger partial charge in [-0.3, -0.25) is 0 Å². The summed E-state index contributed by atoms with van der Waals surface area (Å²) in [5, 5.41) is 3.45. The molecule has 1 aliphatic heterocycles. The molecule has 1 heterocycles. The van der Waals surface area contributed by atoms with E-state index >= 15 is 0 Å². The summed E-state index contributed by atoms with van der Waals surface area (Å²) in [5.74, 6) is 0.736. The Balaban J connectivity index is 2.16. The fourth-order valence-electron chi connectivity index (χ4n) is 2.48. The van der Waals surface area contributed by atoms with Crippen molar-refractivity contribution in [3.8, 4) is 0 Å². The summed E-state index contributed by atoms with van der Waals surface area (Å²) in [6.07, 6.45) is 3.29. The average molecular weight is 242 g/mol. The van der Waals surface area contributed by atoms with Gasteiger partial charge in [-0.15, -0.1) is 0 Å². The van der Waals surface area contributed by atoms with Crippen LogP contribution >= 0.6 is 0 Å². The first-order valence-corrected chi connectivity index (χ1v) is 7.04. The molecule has 0 saturated carbocycles. The van der Waals surface area contributed by atoms with E-state index in [0.29, 0.717) is 18.2 Å². The maximum Gasteiger partial charge on any atom is 0.0707 e. The maximum atomic E-state index is 6.06. The third kappa shape index (κ3) is 6.39. The molecule has 102 valence electrons. The molecule has 0 spiro atoms. The zero-order valence-corrected chi connectivity index (χ0v) is 12.2. The highest BCUT2D eigenvalue weighted by molar-refractivity contribution is 4.78. The fourth-order valence-corrected chi connectivity index (χ4v) is 2.48. The standard InChI is InChI=1S/C14H30N2O/c1-11(2)9-16(5)10-14-7-6-13(17-14)8-15-12(3)4/h11-15H,6-10H2,1-5H3. The molecule has 2 unspecified atom stereocenters. The van der Waals surface area contributed by atoms with E-state index in [0.717, 1.165) is 25.6 Å². The Morgan fingerprint density at radius 3 is 2.41 bits per heavy atom. The fraction of sp³-hybridized carbons (Fsp3) is 1.00. The highest BCUT2D eigenvalue weighted by Gasteiger charge is 2.25. The summed E-state index contributed by atoms with van der Waals surface area (Å²) in [4.78, 5) is 2.40. The van der Waals surface area contributed by atoms with Crippen molar-refractivity contribution >= 4 is 0 Å². The number of likely N-dealkylation sites (N-methyl/N-ethyl adjacent to an activating group) is 1. The van der Waals surface area contributed by atoms with Gasteiger partial charge in [-0.05, 0) is 25.8 Å². The predicted molar refractivity (Wildman–Crippen MR) is 73.4 cm³/mol. The van der Waals surface area contributed by atoms with Crippen molar-refractivity contribution in [1.82, 2.24) is 10.2 Å². The lowest BCUT2D eigenvalue weighted by atomic mass is 10.1. The Morgan fingerprint density at radius 1 is 1.18 bits per heavy atom. The lowest BCUT2D eigenvalue weighted by Gasteiger charge is -2.23. The van der Waals surface area contributed by atoms with E-state index in [1.54, 1.807) is 0 Å². The molecule has 1 saturated heterocycles. The van der Waals surface area contributed by atoms with Gasteiger partial charge in [-0.2, -0.15) is 0 Å². The van der Waals surface area contributed by atoms with Crippen molar-refractivity contribution in [3.05, 3.63) is 0 Å². The lowest BCUT2D eigenvalue weighted by molar-refractivity contribution is 0.0255. The second-order valence-electron chi connectivity index (χ2n) is 6.14. The monoisotopic (exact) mass is 242 g/mol. The van der Waals surface area contributed by atoms with Gasteiger partial charge in [-0.25, -0.2) is 0 Å². The van der Waals surface area contributed by atoms with E-state index in [-0.39, 0.29) is 0 Å². The van der Waals surface area contributed by atoms with Crippen LogP contribution in [0.1, 0.15) is 40.5 Å². The zero-order valence-electron chi connectivity index (χ0n) is 12.2. The minimum atomic E-state index is 0.426. The number of nitrogens with one attached hydrogen (secondary N) is 1. The van der Waals surface area contributed by atoms with Gasteiger partial charge in [-0.1, -0.05) is 27.7 Å². The molecule has 0 aromatic carbocycles. The van der Waals surface area contributed by atoms with E-state index in [9.17, 15) is 0 Å². The molecule has 1 N–H and O–H groups in total. The van der Waals surface area contributed by atoms with Gasteiger partial charge in [0.1, 0.15) is 0 Å². The molecule has 1 rings (SSSR count). The summed E-state index contributed by atoms with van der Waals surface area (Å²) >= 11 is 0. The number of hydrogen-bond acceptors (Lipinski definition) is 3. The van der Waals surface area contributed by atoms with Crippen LogP contribution in [-0.4, -0.2) is 49.8 Å². The van der Waals surface area contributed by atoms with E-state index in [4.69, 9.17) is 4.74 Å². The van der Waals surface area contributed by atoms with E-state index in [2.05, 4.69) is 45.0 Å². The molecule has 1 aliphatic rings. The molecule has 0 aliphatic carbocycles. The van der Waals surface area contributed by atoms with E-state index < -0.39 is 0 Å². The van der Waals surface area contributed by atoms with E-state index in [1.807, 2.05) is 0 Å². The number of nitrogens with zero attached hydrogens (tertiary/aromatic N) is 1. The first-order chi connectivity index (χ1) is 7.97. The van der Waals surface area contributed by atoms with Crippen LogP contribution < -0.4 is 5.32 Å². The second-order valence-corrected chi connectivity index (χ2v) is 6.14. The molecule has 0 bridgehead atoms. The topological polar surface area (TPSA) is 24.5 Å². The first kappa shape index (κ1) is 14.9. The number of hydrogen-bond donors (Lipinski definition) is 1. The molecule has 0 radical (unpaired) electrons. The molecule has 1 fully saturated rings. The summed E-state index contributed by atoms with van der Waals surface area (Å²) < 4.78 is 6.06. The SMILES string of the molecule is CC(C)CN(C)CC1CCC(CNC(C)C)O1. The van der Waals surface area contributed by atoms with Crippen molar-refractivity contribution in [1.29, 1.82) is 0 Å². The Morgan fingerprint density at radius 2 is 1.82 bits per heavy atom. The normalized spacial score (nSPS) is 25.4.